The van der Waals surface area contributed by atoms with Gasteiger partial charge in [0.2, 0.25) is 0 Å². The molecule has 1 aromatic carbocycles. The maximum absolute atomic E-state index is 8.81. The molecular formula is C22H28N2. The van der Waals surface area contributed by atoms with E-state index < -0.39 is 0 Å². The summed E-state index contributed by atoms with van der Waals surface area (Å²) in [5.41, 5.74) is 2.10. The molecule has 0 aliphatic heterocycles. The zero-order chi connectivity index (χ0) is 17.0. The molecule has 0 spiro atoms. The molecule has 2 rings (SSSR count). The second kappa shape index (κ2) is 10.7. The molecule has 2 heteroatoms. The molecule has 1 aliphatic carbocycles. The molecule has 0 heterocycles. The highest BCUT2D eigenvalue weighted by Crippen LogP contribution is 2.34. The summed E-state index contributed by atoms with van der Waals surface area (Å²) in [5.74, 6) is 1.81. The lowest BCUT2D eigenvalue weighted by atomic mass is 9.78. The van der Waals surface area contributed by atoms with Crippen LogP contribution in [-0.2, 0) is 6.42 Å². The third-order valence-corrected chi connectivity index (χ3v) is 5.31. The van der Waals surface area contributed by atoms with E-state index in [2.05, 4.69) is 24.3 Å². The van der Waals surface area contributed by atoms with Gasteiger partial charge in [0.1, 0.15) is 0 Å². The van der Waals surface area contributed by atoms with Crippen molar-refractivity contribution >= 4 is 0 Å². The van der Waals surface area contributed by atoms with Gasteiger partial charge in [-0.15, -0.1) is 0 Å². The fourth-order valence-electron chi connectivity index (χ4n) is 3.78. The Morgan fingerprint density at radius 2 is 1.58 bits per heavy atom. The lowest BCUT2D eigenvalue weighted by molar-refractivity contribution is 0.250. The Balaban J connectivity index is 1.55. The normalized spacial score (nSPS) is 20.6. The van der Waals surface area contributed by atoms with Gasteiger partial charge in [-0.1, -0.05) is 56.7 Å². The molecule has 1 saturated carbocycles. The van der Waals surface area contributed by atoms with E-state index >= 15 is 0 Å². The number of nitrogens with zero attached hydrogens (tertiary/aromatic N) is 2. The molecule has 0 atom stereocenters. The molecule has 1 aliphatic rings. The summed E-state index contributed by atoms with van der Waals surface area (Å²) in [4.78, 5) is 0. The smallest absolute Gasteiger partial charge is 0.0991 e. The minimum atomic E-state index is 0.749. The van der Waals surface area contributed by atoms with Gasteiger partial charge in [0.25, 0.3) is 0 Å². The second-order valence-electron chi connectivity index (χ2n) is 7.05. The van der Waals surface area contributed by atoms with Gasteiger partial charge < -0.3 is 0 Å². The number of aryl methyl sites for hydroxylation is 1. The SMILES string of the molecule is N#C/C=C/CC[C@H]1CC[C@H](CCCCc2ccc(C#N)cc2)CC1. The summed E-state index contributed by atoms with van der Waals surface area (Å²) in [6.07, 6.45) is 16.6. The summed E-state index contributed by atoms with van der Waals surface area (Å²) in [6.45, 7) is 0. The highest BCUT2D eigenvalue weighted by molar-refractivity contribution is 5.31. The third kappa shape index (κ3) is 6.59. The quantitative estimate of drug-likeness (QED) is 0.439. The second-order valence-corrected chi connectivity index (χ2v) is 7.05. The topological polar surface area (TPSA) is 47.6 Å². The standard InChI is InChI=1S/C22H28N2/c23-17-5-1-2-6-19-9-11-20(12-10-19)7-3-4-8-21-13-15-22(18-24)16-14-21/h1,5,13-16,19-20H,2-4,6-12H2/b5-1+/t19-,20-. The van der Waals surface area contributed by atoms with Gasteiger partial charge in [0.15, 0.2) is 0 Å². The molecule has 126 valence electrons. The molecule has 0 aromatic heterocycles. The molecule has 1 aromatic rings. The van der Waals surface area contributed by atoms with E-state index in [1.807, 2.05) is 18.2 Å². The Hall–Kier alpha value is -2.06. The van der Waals surface area contributed by atoms with Crippen LogP contribution < -0.4 is 0 Å². The van der Waals surface area contributed by atoms with Gasteiger partial charge in [0.05, 0.1) is 17.7 Å². The van der Waals surface area contributed by atoms with E-state index in [1.165, 1.54) is 56.9 Å². The van der Waals surface area contributed by atoms with Crippen LogP contribution in [0.15, 0.2) is 36.4 Å². The van der Waals surface area contributed by atoms with Crippen LogP contribution in [0.4, 0.5) is 0 Å². The van der Waals surface area contributed by atoms with Crippen LogP contribution >= 0.6 is 0 Å². The van der Waals surface area contributed by atoms with Crippen LogP contribution in [0.25, 0.3) is 0 Å². The van der Waals surface area contributed by atoms with Crippen molar-refractivity contribution in [1.82, 2.24) is 0 Å². The molecule has 1 fully saturated rings. The molecule has 24 heavy (non-hydrogen) atoms. The van der Waals surface area contributed by atoms with Crippen molar-refractivity contribution < 1.29 is 0 Å². The number of benzene rings is 1. The van der Waals surface area contributed by atoms with Gasteiger partial charge in [-0.3, -0.25) is 0 Å². The number of rotatable bonds is 8. The van der Waals surface area contributed by atoms with Crippen molar-refractivity contribution in [1.29, 1.82) is 10.5 Å². The maximum Gasteiger partial charge on any atom is 0.0991 e. The fraction of sp³-hybridized carbons (Fsp3) is 0.545. The minimum Gasteiger partial charge on any atom is -0.193 e. The van der Waals surface area contributed by atoms with E-state index in [1.54, 1.807) is 6.08 Å². The Kier molecular flexibility index (Phi) is 8.12. The van der Waals surface area contributed by atoms with E-state index in [0.717, 1.165) is 30.2 Å². The predicted octanol–water partition coefficient (Wildman–Crippen LogP) is 5.94. The molecule has 0 amide bonds. The van der Waals surface area contributed by atoms with Crippen LogP contribution in [0.2, 0.25) is 0 Å². The maximum atomic E-state index is 8.81. The Morgan fingerprint density at radius 1 is 0.917 bits per heavy atom. The van der Waals surface area contributed by atoms with Crippen molar-refractivity contribution in [3.8, 4) is 12.1 Å². The van der Waals surface area contributed by atoms with Gasteiger partial charge in [-0.05, 0) is 55.2 Å². The lowest BCUT2D eigenvalue weighted by Gasteiger charge is -2.28. The first-order chi connectivity index (χ1) is 11.8. The minimum absolute atomic E-state index is 0.749. The summed E-state index contributed by atoms with van der Waals surface area (Å²) in [5, 5.41) is 17.3. The van der Waals surface area contributed by atoms with Crippen LogP contribution in [0.5, 0.6) is 0 Å². The number of nitriles is 2. The molecule has 0 bridgehead atoms. The summed E-state index contributed by atoms with van der Waals surface area (Å²) in [6, 6.07) is 12.2. The van der Waals surface area contributed by atoms with Crippen molar-refractivity contribution in [3.63, 3.8) is 0 Å². The molecular weight excluding hydrogens is 292 g/mol. The summed E-state index contributed by atoms with van der Waals surface area (Å²) >= 11 is 0. The Labute approximate surface area is 146 Å². The first-order valence-corrected chi connectivity index (χ1v) is 9.35. The highest BCUT2D eigenvalue weighted by Gasteiger charge is 2.20. The first-order valence-electron chi connectivity index (χ1n) is 9.35. The van der Waals surface area contributed by atoms with Crippen LogP contribution in [-0.4, -0.2) is 0 Å². The zero-order valence-electron chi connectivity index (χ0n) is 14.6. The molecule has 0 unspecified atom stereocenters. The molecule has 2 nitrogen and oxygen atoms in total. The van der Waals surface area contributed by atoms with Crippen LogP contribution in [0.1, 0.15) is 68.9 Å². The zero-order valence-corrected chi connectivity index (χ0v) is 14.6. The van der Waals surface area contributed by atoms with Crippen molar-refractivity contribution in [2.75, 3.05) is 0 Å². The largest absolute Gasteiger partial charge is 0.193 e. The third-order valence-electron chi connectivity index (χ3n) is 5.31. The number of unbranched alkanes of at least 4 members (excludes halogenated alkanes) is 1. The number of hydrogen-bond donors (Lipinski definition) is 0. The van der Waals surface area contributed by atoms with E-state index in [0.29, 0.717) is 0 Å². The predicted molar refractivity (Wildman–Crippen MR) is 98.1 cm³/mol. The Morgan fingerprint density at radius 3 is 2.21 bits per heavy atom. The van der Waals surface area contributed by atoms with Crippen molar-refractivity contribution in [3.05, 3.63) is 47.5 Å². The lowest BCUT2D eigenvalue weighted by Crippen LogP contribution is -2.14. The summed E-state index contributed by atoms with van der Waals surface area (Å²) < 4.78 is 0. The Bertz CT molecular complexity index is 578. The summed E-state index contributed by atoms with van der Waals surface area (Å²) in [7, 11) is 0. The number of hydrogen-bond acceptors (Lipinski definition) is 2. The number of allylic oxidation sites excluding steroid dienone is 2. The molecule has 0 N–H and O–H groups in total. The fourth-order valence-corrected chi connectivity index (χ4v) is 3.78. The first kappa shape index (κ1) is 18.3. The van der Waals surface area contributed by atoms with Crippen molar-refractivity contribution in [2.24, 2.45) is 11.8 Å². The van der Waals surface area contributed by atoms with E-state index in [9.17, 15) is 0 Å². The van der Waals surface area contributed by atoms with Gasteiger partial charge in [-0.25, -0.2) is 0 Å². The average Bonchev–Trinajstić information content (AvgIpc) is 2.64. The van der Waals surface area contributed by atoms with Crippen molar-refractivity contribution in [2.45, 2.75) is 64.2 Å². The van der Waals surface area contributed by atoms with Gasteiger partial charge >= 0.3 is 0 Å². The molecule has 0 radical (unpaired) electrons. The van der Waals surface area contributed by atoms with Crippen LogP contribution in [0.3, 0.4) is 0 Å². The van der Waals surface area contributed by atoms with Gasteiger partial charge in [-0.2, -0.15) is 10.5 Å². The van der Waals surface area contributed by atoms with E-state index in [-0.39, 0.29) is 0 Å². The van der Waals surface area contributed by atoms with Crippen LogP contribution in [0, 0.1) is 34.5 Å². The van der Waals surface area contributed by atoms with E-state index in [4.69, 9.17) is 10.5 Å². The van der Waals surface area contributed by atoms with Gasteiger partial charge in [0, 0.05) is 6.08 Å². The average molecular weight is 320 g/mol. The highest BCUT2D eigenvalue weighted by atomic mass is 14.3. The molecule has 0 saturated heterocycles. The monoisotopic (exact) mass is 320 g/mol.